The van der Waals surface area contributed by atoms with Crippen LogP contribution in [-0.4, -0.2) is 22.1 Å². The molecular formula is C14H26N4O. The van der Waals surface area contributed by atoms with Crippen molar-refractivity contribution in [1.29, 1.82) is 0 Å². The number of aromatic nitrogens is 2. The third-order valence-electron chi connectivity index (χ3n) is 3.44. The first-order valence-electron chi connectivity index (χ1n) is 7.21. The second-order valence-corrected chi connectivity index (χ2v) is 5.04. The zero-order valence-electron chi connectivity index (χ0n) is 12.3. The van der Waals surface area contributed by atoms with Crippen LogP contribution in [0.5, 0.6) is 0 Å². The molecule has 1 unspecified atom stereocenters. The van der Waals surface area contributed by atoms with Gasteiger partial charge in [-0.2, -0.15) is 5.10 Å². The van der Waals surface area contributed by atoms with Crippen LogP contribution in [0.4, 0.5) is 5.82 Å². The van der Waals surface area contributed by atoms with Gasteiger partial charge in [-0.3, -0.25) is 9.89 Å². The molecule has 0 fully saturated rings. The Labute approximate surface area is 115 Å². The molecule has 4 N–H and O–H groups in total. The first-order valence-corrected chi connectivity index (χ1v) is 7.21. The highest BCUT2D eigenvalue weighted by Gasteiger charge is 2.18. The highest BCUT2D eigenvalue weighted by atomic mass is 16.1. The van der Waals surface area contributed by atoms with Crippen molar-refractivity contribution in [3.8, 4) is 0 Å². The van der Waals surface area contributed by atoms with E-state index in [0.29, 0.717) is 5.56 Å². The van der Waals surface area contributed by atoms with Crippen LogP contribution in [0.3, 0.4) is 0 Å². The lowest BCUT2D eigenvalue weighted by molar-refractivity contribution is 0.0933. The van der Waals surface area contributed by atoms with Crippen LogP contribution in [0.2, 0.25) is 0 Å². The first-order chi connectivity index (χ1) is 9.10. The average molecular weight is 266 g/mol. The van der Waals surface area contributed by atoms with Gasteiger partial charge in [-0.05, 0) is 19.8 Å². The summed E-state index contributed by atoms with van der Waals surface area (Å²) in [5.74, 6) is 0.155. The number of H-pyrrole nitrogens is 1. The van der Waals surface area contributed by atoms with Crippen LogP contribution in [0.1, 0.15) is 68.4 Å². The van der Waals surface area contributed by atoms with Crippen molar-refractivity contribution in [3.63, 3.8) is 0 Å². The fourth-order valence-corrected chi connectivity index (χ4v) is 2.19. The third kappa shape index (κ3) is 4.58. The van der Waals surface area contributed by atoms with E-state index in [1.807, 2.05) is 0 Å². The summed E-state index contributed by atoms with van der Waals surface area (Å²) in [4.78, 5) is 12.2. The number of carbonyl (C=O) groups is 1. The van der Waals surface area contributed by atoms with Crippen molar-refractivity contribution in [1.82, 2.24) is 15.5 Å². The van der Waals surface area contributed by atoms with Crippen LogP contribution >= 0.6 is 0 Å². The Kier molecular flexibility index (Phi) is 6.39. The Hall–Kier alpha value is -1.52. The van der Waals surface area contributed by atoms with E-state index in [1.165, 1.54) is 19.3 Å². The molecule has 0 aliphatic rings. The molecule has 1 aromatic rings. The lowest BCUT2D eigenvalue weighted by Gasteiger charge is -2.16. The maximum absolute atomic E-state index is 12.2. The molecule has 0 spiro atoms. The summed E-state index contributed by atoms with van der Waals surface area (Å²) >= 11 is 0. The molecule has 0 saturated carbocycles. The highest BCUT2D eigenvalue weighted by molar-refractivity contribution is 5.99. The number of unbranched alkanes of at least 4 members (excludes halogenated alkanes) is 3. The van der Waals surface area contributed by atoms with Crippen molar-refractivity contribution < 1.29 is 4.79 Å². The van der Waals surface area contributed by atoms with Crippen LogP contribution < -0.4 is 11.1 Å². The maximum Gasteiger partial charge on any atom is 0.257 e. The summed E-state index contributed by atoms with van der Waals surface area (Å²) in [5.41, 5.74) is 6.89. The van der Waals surface area contributed by atoms with Gasteiger partial charge in [0.1, 0.15) is 5.56 Å². The van der Waals surface area contributed by atoms with E-state index in [2.05, 4.69) is 29.4 Å². The van der Waals surface area contributed by atoms with E-state index in [-0.39, 0.29) is 17.8 Å². The normalized spacial score (nSPS) is 12.4. The second kappa shape index (κ2) is 7.81. The number of aryl methyl sites for hydroxylation is 1. The van der Waals surface area contributed by atoms with E-state index < -0.39 is 0 Å². The van der Waals surface area contributed by atoms with E-state index in [1.54, 1.807) is 6.92 Å². The molecule has 1 aromatic heterocycles. The molecule has 0 aliphatic carbocycles. The van der Waals surface area contributed by atoms with Gasteiger partial charge < -0.3 is 11.1 Å². The van der Waals surface area contributed by atoms with Gasteiger partial charge in [-0.15, -0.1) is 0 Å². The summed E-state index contributed by atoms with van der Waals surface area (Å²) < 4.78 is 0. The largest absolute Gasteiger partial charge is 0.382 e. The van der Waals surface area contributed by atoms with E-state index in [4.69, 9.17) is 5.73 Å². The molecule has 1 rings (SSSR count). The fourth-order valence-electron chi connectivity index (χ4n) is 2.19. The van der Waals surface area contributed by atoms with E-state index in [0.717, 1.165) is 25.0 Å². The number of nitrogens with one attached hydrogen (secondary N) is 2. The Morgan fingerprint density at radius 1 is 1.37 bits per heavy atom. The summed E-state index contributed by atoms with van der Waals surface area (Å²) in [6.45, 7) is 6.10. The molecule has 1 atom stereocenters. The molecule has 0 bridgehead atoms. The van der Waals surface area contributed by atoms with Gasteiger partial charge in [-0.25, -0.2) is 0 Å². The Balaban J connectivity index is 2.49. The number of amides is 1. The molecule has 0 aliphatic heterocycles. The van der Waals surface area contributed by atoms with Gasteiger partial charge in [0.15, 0.2) is 5.82 Å². The predicted molar refractivity (Wildman–Crippen MR) is 78.0 cm³/mol. The van der Waals surface area contributed by atoms with Crippen molar-refractivity contribution in [2.24, 2.45) is 0 Å². The topological polar surface area (TPSA) is 83.8 Å². The van der Waals surface area contributed by atoms with Crippen LogP contribution in [0, 0.1) is 6.92 Å². The van der Waals surface area contributed by atoms with Gasteiger partial charge in [0, 0.05) is 11.7 Å². The molecule has 0 radical (unpaired) electrons. The zero-order valence-corrected chi connectivity index (χ0v) is 12.3. The number of rotatable bonds is 8. The highest BCUT2D eigenvalue weighted by Crippen LogP contribution is 2.14. The van der Waals surface area contributed by atoms with E-state index in [9.17, 15) is 4.79 Å². The standard InChI is InChI=1S/C14H26N4O/c1-4-6-7-8-9-11(5-2)16-14(19)12-10(3)17-18-13(12)15/h11H,4-9H2,1-3H3,(H,16,19)(H3,15,17,18). The minimum absolute atomic E-state index is 0.119. The quantitative estimate of drug-likeness (QED) is 0.633. The Morgan fingerprint density at radius 2 is 2.11 bits per heavy atom. The minimum atomic E-state index is -0.119. The molecule has 19 heavy (non-hydrogen) atoms. The summed E-state index contributed by atoms with van der Waals surface area (Å²) in [5, 5.41) is 9.63. The number of nitrogens with zero attached hydrogens (tertiary/aromatic N) is 1. The molecular weight excluding hydrogens is 240 g/mol. The van der Waals surface area contributed by atoms with Gasteiger partial charge in [0.2, 0.25) is 0 Å². The summed E-state index contributed by atoms with van der Waals surface area (Å²) in [6, 6.07) is 0.220. The Bertz CT molecular complexity index is 381. The molecule has 0 saturated heterocycles. The number of carbonyl (C=O) groups excluding carboxylic acids is 1. The van der Waals surface area contributed by atoms with Crippen molar-refractivity contribution >= 4 is 11.7 Å². The van der Waals surface area contributed by atoms with Crippen molar-refractivity contribution in [3.05, 3.63) is 11.3 Å². The van der Waals surface area contributed by atoms with Crippen molar-refractivity contribution in [2.45, 2.75) is 65.3 Å². The summed E-state index contributed by atoms with van der Waals surface area (Å²) in [7, 11) is 0. The SMILES string of the molecule is CCCCCCC(CC)NC(=O)c1c(N)n[nH]c1C. The number of hydrogen-bond acceptors (Lipinski definition) is 3. The molecule has 0 aromatic carbocycles. The van der Waals surface area contributed by atoms with Gasteiger partial charge >= 0.3 is 0 Å². The van der Waals surface area contributed by atoms with Crippen LogP contribution in [-0.2, 0) is 0 Å². The molecule has 5 nitrogen and oxygen atoms in total. The molecule has 5 heteroatoms. The number of nitrogen functional groups attached to an aromatic ring is 1. The second-order valence-electron chi connectivity index (χ2n) is 5.04. The smallest absolute Gasteiger partial charge is 0.257 e. The lowest BCUT2D eigenvalue weighted by Crippen LogP contribution is -2.34. The Morgan fingerprint density at radius 3 is 2.63 bits per heavy atom. The lowest BCUT2D eigenvalue weighted by atomic mass is 10.0. The first kappa shape index (κ1) is 15.5. The zero-order chi connectivity index (χ0) is 14.3. The number of hydrogen-bond donors (Lipinski definition) is 3. The number of aromatic amines is 1. The third-order valence-corrected chi connectivity index (χ3v) is 3.44. The van der Waals surface area contributed by atoms with Gasteiger partial charge in [0.25, 0.3) is 5.91 Å². The van der Waals surface area contributed by atoms with Crippen LogP contribution in [0.25, 0.3) is 0 Å². The molecule has 1 heterocycles. The van der Waals surface area contributed by atoms with E-state index >= 15 is 0 Å². The number of anilines is 1. The summed E-state index contributed by atoms with van der Waals surface area (Å²) in [6.07, 6.45) is 6.85. The number of nitrogens with two attached hydrogens (primary N) is 1. The fraction of sp³-hybridized carbons (Fsp3) is 0.714. The molecule has 108 valence electrons. The van der Waals surface area contributed by atoms with Crippen molar-refractivity contribution in [2.75, 3.05) is 5.73 Å². The molecule has 1 amide bonds. The van der Waals surface area contributed by atoms with Crippen LogP contribution in [0.15, 0.2) is 0 Å². The monoisotopic (exact) mass is 266 g/mol. The van der Waals surface area contributed by atoms with Gasteiger partial charge in [0.05, 0.1) is 0 Å². The minimum Gasteiger partial charge on any atom is -0.382 e. The average Bonchev–Trinajstić information content (AvgIpc) is 2.72. The predicted octanol–water partition coefficient (Wildman–Crippen LogP) is 2.78. The maximum atomic E-state index is 12.2. The van der Waals surface area contributed by atoms with Gasteiger partial charge in [-0.1, -0.05) is 39.5 Å².